The molecule has 0 amide bonds. The van der Waals surface area contributed by atoms with E-state index in [2.05, 4.69) is 10.00 Å². The number of nitrogens with zero attached hydrogens (tertiary/aromatic N) is 3. The Labute approximate surface area is 160 Å². The Kier molecular flexibility index (Phi) is 5.17. The molecule has 0 saturated carbocycles. The highest BCUT2D eigenvalue weighted by molar-refractivity contribution is 5.25. The van der Waals surface area contributed by atoms with Crippen LogP contribution in [-0.4, -0.2) is 44.6 Å². The lowest BCUT2D eigenvalue weighted by molar-refractivity contribution is -0.0534. The molecule has 2 aliphatic rings. The van der Waals surface area contributed by atoms with Crippen LogP contribution in [0.1, 0.15) is 36.3 Å². The highest BCUT2D eigenvalue weighted by Crippen LogP contribution is 2.34. The summed E-state index contributed by atoms with van der Waals surface area (Å²) in [4.78, 5) is 2.20. The maximum absolute atomic E-state index is 14.1. The molecule has 4 atom stereocenters. The molecular formula is C19H23F3N4O2. The van der Waals surface area contributed by atoms with E-state index in [9.17, 15) is 18.3 Å². The summed E-state index contributed by atoms with van der Waals surface area (Å²) in [5.41, 5.74) is 8.21. The van der Waals surface area contributed by atoms with Gasteiger partial charge in [0, 0.05) is 48.6 Å². The average Bonchev–Trinajstić information content (AvgIpc) is 3.16. The molecule has 0 unspecified atom stereocenters. The van der Waals surface area contributed by atoms with Crippen molar-refractivity contribution in [1.29, 1.82) is 0 Å². The van der Waals surface area contributed by atoms with Crippen molar-refractivity contribution in [2.45, 2.75) is 57.3 Å². The standard InChI is InChI=1S/C19H23F3N4O2/c1-10(27)5-26-7-11-6-25(8-18(11)24-26)12-2-17(23)19(28-9-12)13-3-15(21)16(22)4-14(13)20/h3-4,7,10,12,17,19,27H,2,5-6,8-9,23H2,1H3/t10-,12-,17+,19-/m1/s1. The van der Waals surface area contributed by atoms with Crippen molar-refractivity contribution >= 4 is 0 Å². The predicted octanol–water partition coefficient (Wildman–Crippen LogP) is 1.85. The lowest BCUT2D eigenvalue weighted by atomic mass is 9.93. The number of hydrogen-bond acceptors (Lipinski definition) is 5. The zero-order valence-electron chi connectivity index (χ0n) is 15.5. The van der Waals surface area contributed by atoms with Crippen LogP contribution in [0.4, 0.5) is 13.2 Å². The Morgan fingerprint density at radius 2 is 2.00 bits per heavy atom. The van der Waals surface area contributed by atoms with Crippen molar-refractivity contribution in [2.75, 3.05) is 6.61 Å². The van der Waals surface area contributed by atoms with Crippen LogP contribution >= 0.6 is 0 Å². The number of hydrogen-bond donors (Lipinski definition) is 2. The molecule has 3 heterocycles. The zero-order chi connectivity index (χ0) is 20.0. The molecule has 28 heavy (non-hydrogen) atoms. The van der Waals surface area contributed by atoms with Gasteiger partial charge in [-0.2, -0.15) is 5.10 Å². The SMILES string of the molecule is C[C@@H](O)Cn1cc2c(n1)CN([C@H]1CO[C@H](c3cc(F)c(F)cc3F)[C@@H](N)C1)C2. The Bertz CT molecular complexity index is 850. The van der Waals surface area contributed by atoms with Crippen LogP contribution in [0.2, 0.25) is 0 Å². The van der Waals surface area contributed by atoms with Gasteiger partial charge in [0.2, 0.25) is 0 Å². The van der Waals surface area contributed by atoms with E-state index < -0.39 is 35.7 Å². The monoisotopic (exact) mass is 396 g/mol. The number of fused-ring (bicyclic) bond motifs is 1. The van der Waals surface area contributed by atoms with E-state index in [0.717, 1.165) is 17.3 Å². The first-order valence-corrected chi connectivity index (χ1v) is 9.30. The molecular weight excluding hydrogens is 373 g/mol. The van der Waals surface area contributed by atoms with E-state index in [1.54, 1.807) is 11.6 Å². The van der Waals surface area contributed by atoms with Crippen LogP contribution < -0.4 is 5.73 Å². The summed E-state index contributed by atoms with van der Waals surface area (Å²) in [6, 6.07) is 0.838. The largest absolute Gasteiger partial charge is 0.391 e. The Hall–Kier alpha value is -1.94. The van der Waals surface area contributed by atoms with Gasteiger partial charge in [0.1, 0.15) is 11.9 Å². The Morgan fingerprint density at radius 3 is 2.68 bits per heavy atom. The van der Waals surface area contributed by atoms with Crippen molar-refractivity contribution in [3.8, 4) is 0 Å². The third-order valence-electron chi connectivity index (χ3n) is 5.37. The van der Waals surface area contributed by atoms with Gasteiger partial charge in [-0.25, -0.2) is 13.2 Å². The van der Waals surface area contributed by atoms with Crippen LogP contribution in [-0.2, 0) is 24.4 Å². The van der Waals surface area contributed by atoms with E-state index in [1.165, 1.54) is 0 Å². The molecule has 0 aliphatic carbocycles. The van der Waals surface area contributed by atoms with Gasteiger partial charge < -0.3 is 15.6 Å². The zero-order valence-corrected chi connectivity index (χ0v) is 15.5. The third kappa shape index (κ3) is 3.67. The van der Waals surface area contributed by atoms with Crippen molar-refractivity contribution < 1.29 is 23.0 Å². The highest BCUT2D eigenvalue weighted by atomic mass is 19.2. The van der Waals surface area contributed by atoms with E-state index in [-0.39, 0.29) is 11.6 Å². The molecule has 1 aromatic heterocycles. The molecule has 2 aromatic rings. The molecule has 0 spiro atoms. The minimum atomic E-state index is -1.23. The predicted molar refractivity (Wildman–Crippen MR) is 94.5 cm³/mol. The first-order valence-electron chi connectivity index (χ1n) is 9.30. The second-order valence-electron chi connectivity index (χ2n) is 7.67. The Balaban J connectivity index is 1.41. The van der Waals surface area contributed by atoms with Crippen molar-refractivity contribution in [3.63, 3.8) is 0 Å². The number of ether oxygens (including phenoxy) is 1. The summed E-state index contributed by atoms with van der Waals surface area (Å²) in [5.74, 6) is -3.20. The van der Waals surface area contributed by atoms with Gasteiger partial charge in [-0.3, -0.25) is 9.58 Å². The summed E-state index contributed by atoms with van der Waals surface area (Å²) in [6.07, 6.45) is 1.20. The lowest BCUT2D eigenvalue weighted by Gasteiger charge is -2.38. The first-order chi connectivity index (χ1) is 13.3. The van der Waals surface area contributed by atoms with Gasteiger partial charge in [-0.15, -0.1) is 0 Å². The third-order valence-corrected chi connectivity index (χ3v) is 5.37. The van der Waals surface area contributed by atoms with Crippen molar-refractivity contribution in [2.24, 2.45) is 5.73 Å². The fraction of sp³-hybridized carbons (Fsp3) is 0.526. The van der Waals surface area contributed by atoms with Crippen molar-refractivity contribution in [3.05, 3.63) is 52.6 Å². The molecule has 1 fully saturated rings. The molecule has 1 aromatic carbocycles. The number of halogens is 3. The number of aliphatic hydroxyl groups excluding tert-OH is 1. The number of rotatable bonds is 4. The number of benzene rings is 1. The van der Waals surface area contributed by atoms with Crippen molar-refractivity contribution in [1.82, 2.24) is 14.7 Å². The van der Waals surface area contributed by atoms with Crippen LogP contribution in [0.3, 0.4) is 0 Å². The molecule has 9 heteroatoms. The molecule has 0 bridgehead atoms. The van der Waals surface area contributed by atoms with E-state index in [0.29, 0.717) is 38.7 Å². The van der Waals surface area contributed by atoms with Gasteiger partial charge >= 0.3 is 0 Å². The summed E-state index contributed by atoms with van der Waals surface area (Å²) >= 11 is 0. The van der Waals surface area contributed by atoms with E-state index in [4.69, 9.17) is 10.5 Å². The maximum atomic E-state index is 14.1. The van der Waals surface area contributed by atoms with E-state index in [1.807, 2.05) is 6.20 Å². The molecule has 152 valence electrons. The number of nitrogens with two attached hydrogens (primary N) is 1. The summed E-state index contributed by atoms with van der Waals surface area (Å²) in [6.45, 7) is 3.82. The van der Waals surface area contributed by atoms with E-state index >= 15 is 0 Å². The molecule has 3 N–H and O–H groups in total. The minimum Gasteiger partial charge on any atom is -0.391 e. The summed E-state index contributed by atoms with van der Waals surface area (Å²) < 4.78 is 48.3. The molecule has 4 rings (SSSR count). The highest BCUT2D eigenvalue weighted by Gasteiger charge is 2.37. The second kappa shape index (κ2) is 7.47. The fourth-order valence-corrected chi connectivity index (χ4v) is 4.03. The van der Waals surface area contributed by atoms with Crippen LogP contribution in [0.15, 0.2) is 18.3 Å². The lowest BCUT2D eigenvalue weighted by Crippen LogP contribution is -2.47. The fourth-order valence-electron chi connectivity index (χ4n) is 4.03. The van der Waals surface area contributed by atoms with Gasteiger partial charge in [0.15, 0.2) is 11.6 Å². The van der Waals surface area contributed by atoms with Crippen LogP contribution in [0, 0.1) is 17.5 Å². The van der Waals surface area contributed by atoms with Gasteiger partial charge in [-0.05, 0) is 19.4 Å². The average molecular weight is 396 g/mol. The molecule has 6 nitrogen and oxygen atoms in total. The normalized spacial score (nSPS) is 26.4. The first kappa shape index (κ1) is 19.4. The summed E-state index contributed by atoms with van der Waals surface area (Å²) in [7, 11) is 0. The van der Waals surface area contributed by atoms with Crippen LogP contribution in [0.25, 0.3) is 0 Å². The van der Waals surface area contributed by atoms with Gasteiger partial charge in [-0.1, -0.05) is 0 Å². The topological polar surface area (TPSA) is 76.5 Å². The molecule has 0 radical (unpaired) electrons. The maximum Gasteiger partial charge on any atom is 0.161 e. The van der Waals surface area contributed by atoms with Gasteiger partial charge in [0.25, 0.3) is 0 Å². The summed E-state index contributed by atoms with van der Waals surface area (Å²) in [5, 5.41) is 14.0. The quantitative estimate of drug-likeness (QED) is 0.772. The van der Waals surface area contributed by atoms with Gasteiger partial charge in [0.05, 0.1) is 24.9 Å². The Morgan fingerprint density at radius 1 is 1.25 bits per heavy atom. The minimum absolute atomic E-state index is 0.0269. The smallest absolute Gasteiger partial charge is 0.161 e. The second-order valence-corrected chi connectivity index (χ2v) is 7.67. The number of aromatic nitrogens is 2. The van der Waals surface area contributed by atoms with Crippen LogP contribution in [0.5, 0.6) is 0 Å². The molecule has 1 saturated heterocycles. The number of aliphatic hydroxyl groups is 1. The molecule has 2 aliphatic heterocycles.